The Morgan fingerprint density at radius 2 is 1.78 bits per heavy atom. The molecule has 0 spiro atoms. The summed E-state index contributed by atoms with van der Waals surface area (Å²) in [6.45, 7) is 0.714. The van der Waals surface area contributed by atoms with Gasteiger partial charge in [0.2, 0.25) is 6.10 Å². The van der Waals surface area contributed by atoms with Gasteiger partial charge in [0.05, 0.1) is 0 Å². The Balaban J connectivity index is 1.82. The van der Waals surface area contributed by atoms with E-state index in [9.17, 15) is 4.79 Å². The van der Waals surface area contributed by atoms with Gasteiger partial charge in [-0.1, -0.05) is 57.9 Å². The number of likely N-dealkylation sites (tertiary alicyclic amines) is 1. The Kier molecular flexibility index (Phi) is 5.23. The van der Waals surface area contributed by atoms with Crippen LogP contribution < -0.4 is 4.74 Å². The molecular formula is C18H17BrClNO2. The fourth-order valence-corrected chi connectivity index (χ4v) is 3.15. The maximum atomic E-state index is 12.5. The summed E-state index contributed by atoms with van der Waals surface area (Å²) in [7, 11) is 0. The molecule has 1 aliphatic heterocycles. The topological polar surface area (TPSA) is 29.5 Å². The molecule has 0 N–H and O–H groups in total. The van der Waals surface area contributed by atoms with E-state index in [1.165, 1.54) is 0 Å². The zero-order valence-corrected chi connectivity index (χ0v) is 14.8. The zero-order valence-electron chi connectivity index (χ0n) is 12.5. The van der Waals surface area contributed by atoms with Crippen LogP contribution in [0.15, 0.2) is 54.6 Å². The number of amides is 1. The van der Waals surface area contributed by atoms with Gasteiger partial charge in [0.25, 0.3) is 5.91 Å². The van der Waals surface area contributed by atoms with Crippen molar-refractivity contribution in [2.45, 2.75) is 18.6 Å². The first-order chi connectivity index (χ1) is 11.2. The Hall–Kier alpha value is -1.52. The van der Waals surface area contributed by atoms with Crippen LogP contribution in [-0.2, 0) is 4.79 Å². The van der Waals surface area contributed by atoms with E-state index in [0.717, 1.165) is 17.3 Å². The van der Waals surface area contributed by atoms with E-state index in [2.05, 4.69) is 15.9 Å². The van der Waals surface area contributed by atoms with Crippen molar-refractivity contribution >= 4 is 33.4 Å². The Labute approximate surface area is 149 Å². The van der Waals surface area contributed by atoms with Gasteiger partial charge in [0.15, 0.2) is 0 Å². The highest BCUT2D eigenvalue weighted by Crippen LogP contribution is 2.38. The molecule has 0 aliphatic carbocycles. The number of β-lactam (4-membered cyclic amide) rings is 1. The van der Waals surface area contributed by atoms with Crippen LogP contribution in [0.2, 0.25) is 5.02 Å². The number of hydrogen-bond donors (Lipinski definition) is 0. The minimum Gasteiger partial charge on any atom is -0.478 e. The molecule has 1 amide bonds. The number of rotatable bonds is 6. The third kappa shape index (κ3) is 3.54. The van der Waals surface area contributed by atoms with Crippen molar-refractivity contribution in [2.24, 2.45) is 0 Å². The fourth-order valence-electron chi connectivity index (χ4n) is 2.77. The number of alkyl halides is 1. The van der Waals surface area contributed by atoms with Crippen molar-refractivity contribution in [3.05, 3.63) is 65.2 Å². The summed E-state index contributed by atoms with van der Waals surface area (Å²) in [6, 6.07) is 17.0. The third-order valence-corrected chi connectivity index (χ3v) is 4.71. The molecule has 1 aliphatic rings. The van der Waals surface area contributed by atoms with E-state index < -0.39 is 6.10 Å². The number of ether oxygens (including phenoxy) is 1. The van der Waals surface area contributed by atoms with Crippen molar-refractivity contribution in [1.29, 1.82) is 0 Å². The number of hydrogen-bond acceptors (Lipinski definition) is 2. The maximum absolute atomic E-state index is 12.5. The summed E-state index contributed by atoms with van der Waals surface area (Å²) < 4.78 is 5.93. The van der Waals surface area contributed by atoms with Gasteiger partial charge in [0.1, 0.15) is 11.8 Å². The third-order valence-electron chi connectivity index (χ3n) is 3.90. The second-order valence-electron chi connectivity index (χ2n) is 5.42. The minimum absolute atomic E-state index is 0.0368. The lowest BCUT2D eigenvalue weighted by molar-refractivity contribution is -0.164. The van der Waals surface area contributed by atoms with Gasteiger partial charge in [-0.2, -0.15) is 0 Å². The molecule has 0 aromatic heterocycles. The number of nitrogens with zero attached hydrogens (tertiary/aromatic N) is 1. The van der Waals surface area contributed by atoms with Gasteiger partial charge in [-0.15, -0.1) is 0 Å². The van der Waals surface area contributed by atoms with E-state index in [0.29, 0.717) is 17.3 Å². The lowest BCUT2D eigenvalue weighted by Crippen LogP contribution is -2.61. The van der Waals surface area contributed by atoms with Crippen LogP contribution in [0.4, 0.5) is 0 Å². The molecule has 120 valence electrons. The Morgan fingerprint density at radius 3 is 2.43 bits per heavy atom. The monoisotopic (exact) mass is 393 g/mol. The molecule has 3 rings (SSSR count). The van der Waals surface area contributed by atoms with Crippen LogP contribution >= 0.6 is 27.5 Å². The summed E-state index contributed by atoms with van der Waals surface area (Å²) in [5, 5.41) is 1.56. The highest BCUT2D eigenvalue weighted by Gasteiger charge is 2.49. The summed E-state index contributed by atoms with van der Waals surface area (Å²) >= 11 is 9.39. The molecule has 0 saturated carbocycles. The van der Waals surface area contributed by atoms with Crippen molar-refractivity contribution in [3.8, 4) is 5.75 Å². The predicted molar refractivity (Wildman–Crippen MR) is 95.2 cm³/mol. The molecule has 1 fully saturated rings. The first-order valence-electron chi connectivity index (χ1n) is 7.54. The largest absolute Gasteiger partial charge is 0.478 e. The van der Waals surface area contributed by atoms with Crippen molar-refractivity contribution < 1.29 is 9.53 Å². The SMILES string of the molecule is O=C1[C@@H](Oc2ccccc2)[C@@H](c2ccc(Cl)cc2)N1CCCBr. The minimum atomic E-state index is -0.478. The Bertz CT molecular complexity index is 662. The highest BCUT2D eigenvalue weighted by molar-refractivity contribution is 9.09. The molecular weight excluding hydrogens is 378 g/mol. The average Bonchev–Trinajstić information content (AvgIpc) is 2.59. The van der Waals surface area contributed by atoms with Crippen molar-refractivity contribution in [1.82, 2.24) is 4.90 Å². The molecule has 0 radical (unpaired) electrons. The summed E-state index contributed by atoms with van der Waals surface area (Å²) in [5.74, 6) is 0.750. The van der Waals surface area contributed by atoms with E-state index in [-0.39, 0.29) is 11.9 Å². The molecule has 2 aromatic carbocycles. The van der Waals surface area contributed by atoms with Gasteiger partial charge < -0.3 is 9.64 Å². The quantitative estimate of drug-likeness (QED) is 0.535. The van der Waals surface area contributed by atoms with E-state index in [1.807, 2.05) is 59.5 Å². The van der Waals surface area contributed by atoms with Crippen LogP contribution in [0.1, 0.15) is 18.0 Å². The zero-order chi connectivity index (χ0) is 16.2. The number of halogens is 2. The Morgan fingerprint density at radius 1 is 1.09 bits per heavy atom. The smallest absolute Gasteiger partial charge is 0.266 e. The molecule has 5 heteroatoms. The lowest BCUT2D eigenvalue weighted by Gasteiger charge is -2.46. The summed E-state index contributed by atoms with van der Waals surface area (Å²) in [6.07, 6.45) is 0.433. The van der Waals surface area contributed by atoms with Crippen LogP contribution in [-0.4, -0.2) is 28.8 Å². The highest BCUT2D eigenvalue weighted by atomic mass is 79.9. The van der Waals surface area contributed by atoms with Crippen LogP contribution in [0, 0.1) is 0 Å². The van der Waals surface area contributed by atoms with Gasteiger partial charge in [-0.3, -0.25) is 4.79 Å². The molecule has 1 heterocycles. The van der Waals surface area contributed by atoms with Crippen LogP contribution in [0.25, 0.3) is 0 Å². The van der Waals surface area contributed by atoms with Crippen LogP contribution in [0.3, 0.4) is 0 Å². The van der Waals surface area contributed by atoms with Gasteiger partial charge in [-0.05, 0) is 36.2 Å². The van der Waals surface area contributed by atoms with Crippen molar-refractivity contribution in [2.75, 3.05) is 11.9 Å². The van der Waals surface area contributed by atoms with Gasteiger partial charge >= 0.3 is 0 Å². The first-order valence-corrected chi connectivity index (χ1v) is 9.04. The van der Waals surface area contributed by atoms with Crippen LogP contribution in [0.5, 0.6) is 5.75 Å². The standard InChI is InChI=1S/C18H17BrClNO2/c19-11-4-12-21-16(13-7-9-14(20)10-8-13)17(18(21)22)23-15-5-2-1-3-6-15/h1-3,5-10,16-17H,4,11-12H2/t16-,17+/m1/s1. The van der Waals surface area contributed by atoms with Gasteiger partial charge in [-0.25, -0.2) is 0 Å². The second-order valence-corrected chi connectivity index (χ2v) is 6.65. The molecule has 23 heavy (non-hydrogen) atoms. The number of para-hydroxylation sites is 1. The van der Waals surface area contributed by atoms with Crippen molar-refractivity contribution in [3.63, 3.8) is 0 Å². The molecule has 0 bridgehead atoms. The van der Waals surface area contributed by atoms with Gasteiger partial charge in [0, 0.05) is 16.9 Å². The van der Waals surface area contributed by atoms with E-state index in [4.69, 9.17) is 16.3 Å². The molecule has 1 saturated heterocycles. The maximum Gasteiger partial charge on any atom is 0.266 e. The average molecular weight is 395 g/mol. The lowest BCUT2D eigenvalue weighted by atomic mass is 9.90. The predicted octanol–water partition coefficient (Wildman–Crippen LogP) is 4.46. The summed E-state index contributed by atoms with van der Waals surface area (Å²) in [4.78, 5) is 14.4. The normalized spacial score (nSPS) is 20.3. The first kappa shape index (κ1) is 16.3. The van der Waals surface area contributed by atoms with E-state index in [1.54, 1.807) is 0 Å². The molecule has 3 nitrogen and oxygen atoms in total. The number of benzene rings is 2. The summed E-state index contributed by atoms with van der Waals surface area (Å²) in [5.41, 5.74) is 1.05. The van der Waals surface area contributed by atoms with E-state index >= 15 is 0 Å². The second kappa shape index (κ2) is 7.37. The number of carbonyl (C=O) groups is 1. The fraction of sp³-hybridized carbons (Fsp3) is 0.278. The molecule has 0 unspecified atom stereocenters. The molecule has 2 aromatic rings. The number of carbonyl (C=O) groups excluding carboxylic acids is 1. The molecule has 2 atom stereocenters.